The van der Waals surface area contributed by atoms with Crippen molar-refractivity contribution in [1.29, 1.82) is 0 Å². The number of carbonyl (C=O) groups is 2. The third-order valence-corrected chi connectivity index (χ3v) is 6.57. The maximum atomic E-state index is 11.7. The van der Waals surface area contributed by atoms with Gasteiger partial charge in [-0.25, -0.2) is 19.4 Å². The van der Waals surface area contributed by atoms with Gasteiger partial charge in [0.05, 0.1) is 29.5 Å². The standard InChI is InChI=1S/C24H23N9O3/c1-14(34)28-15-2-3-19-20(8-15)33(30-23(19)29-21-11-25-6-7-26-21)16-4-5-27-22(10-16)31-12-18-9-17(31)13-32(18)24(35)36/h2-8,10-11,17-18H,9,12-13H2,1H3,(H,28,34)(H,35,36)(H,26,29,30)/t17-,18-/m0/s1. The molecule has 0 spiro atoms. The fourth-order valence-electron chi connectivity index (χ4n) is 5.05. The smallest absolute Gasteiger partial charge is 0.407 e. The van der Waals surface area contributed by atoms with E-state index in [-0.39, 0.29) is 18.0 Å². The highest BCUT2D eigenvalue weighted by Gasteiger charge is 2.45. The average Bonchev–Trinajstić information content (AvgIpc) is 3.58. The molecular weight excluding hydrogens is 462 g/mol. The summed E-state index contributed by atoms with van der Waals surface area (Å²) in [5, 5.41) is 21.1. The quantitative estimate of drug-likeness (QED) is 0.389. The van der Waals surface area contributed by atoms with Gasteiger partial charge in [-0.15, -0.1) is 5.10 Å². The highest BCUT2D eigenvalue weighted by atomic mass is 16.4. The molecule has 36 heavy (non-hydrogen) atoms. The Kier molecular flexibility index (Phi) is 5.13. The van der Waals surface area contributed by atoms with Crippen LogP contribution in [0.3, 0.4) is 0 Å². The van der Waals surface area contributed by atoms with Crippen LogP contribution in [-0.4, -0.2) is 71.9 Å². The molecule has 2 fully saturated rings. The summed E-state index contributed by atoms with van der Waals surface area (Å²) in [5.41, 5.74) is 2.22. The molecule has 2 atom stereocenters. The normalized spacial score (nSPS) is 18.6. The molecule has 2 aliphatic heterocycles. The molecular formula is C24H23N9O3. The lowest BCUT2D eigenvalue weighted by molar-refractivity contribution is -0.114. The maximum Gasteiger partial charge on any atom is 0.407 e. The summed E-state index contributed by atoms with van der Waals surface area (Å²) in [6.45, 7) is 2.55. The summed E-state index contributed by atoms with van der Waals surface area (Å²) in [6, 6.07) is 9.49. The van der Waals surface area contributed by atoms with Gasteiger partial charge in [0.15, 0.2) is 5.82 Å². The van der Waals surface area contributed by atoms with Crippen LogP contribution < -0.4 is 15.5 Å². The van der Waals surface area contributed by atoms with E-state index in [0.29, 0.717) is 30.4 Å². The van der Waals surface area contributed by atoms with Crippen molar-refractivity contribution in [3.8, 4) is 5.69 Å². The molecule has 2 saturated heterocycles. The van der Waals surface area contributed by atoms with Crippen LogP contribution in [0.2, 0.25) is 0 Å². The molecule has 0 unspecified atom stereocenters. The topological polar surface area (TPSA) is 141 Å². The Morgan fingerprint density at radius 2 is 1.94 bits per heavy atom. The summed E-state index contributed by atoms with van der Waals surface area (Å²) in [7, 11) is 0. The molecule has 6 rings (SSSR count). The Balaban J connectivity index is 1.39. The highest BCUT2D eigenvalue weighted by Crippen LogP contribution is 2.35. The maximum absolute atomic E-state index is 11.7. The fraction of sp³-hybridized carbons (Fsp3) is 0.250. The van der Waals surface area contributed by atoms with E-state index in [2.05, 4.69) is 30.5 Å². The van der Waals surface area contributed by atoms with E-state index >= 15 is 0 Å². The zero-order chi connectivity index (χ0) is 24.8. The minimum Gasteiger partial charge on any atom is -0.465 e. The first-order chi connectivity index (χ1) is 17.5. The first-order valence-electron chi connectivity index (χ1n) is 11.5. The molecule has 12 heteroatoms. The summed E-state index contributed by atoms with van der Waals surface area (Å²) >= 11 is 0. The molecule has 4 aromatic rings. The van der Waals surface area contributed by atoms with Gasteiger partial charge in [-0.05, 0) is 30.7 Å². The molecule has 0 radical (unpaired) electrons. The summed E-state index contributed by atoms with van der Waals surface area (Å²) < 4.78 is 1.79. The third kappa shape index (κ3) is 3.82. The van der Waals surface area contributed by atoms with Gasteiger partial charge in [0.2, 0.25) is 5.91 Å². The molecule has 3 aromatic heterocycles. The summed E-state index contributed by atoms with van der Waals surface area (Å²) in [6.07, 6.45) is 6.47. The fourth-order valence-corrected chi connectivity index (χ4v) is 5.05. The zero-order valence-electron chi connectivity index (χ0n) is 19.4. The molecule has 0 aliphatic carbocycles. The number of nitrogens with one attached hydrogen (secondary N) is 2. The molecule has 5 heterocycles. The van der Waals surface area contributed by atoms with Crippen molar-refractivity contribution in [2.24, 2.45) is 0 Å². The Morgan fingerprint density at radius 1 is 1.06 bits per heavy atom. The van der Waals surface area contributed by atoms with Crippen LogP contribution >= 0.6 is 0 Å². The lowest BCUT2D eigenvalue weighted by atomic mass is 10.2. The van der Waals surface area contributed by atoms with Crippen LogP contribution in [0.25, 0.3) is 16.6 Å². The number of rotatable bonds is 5. The number of fused-ring (bicyclic) bond motifs is 3. The van der Waals surface area contributed by atoms with Gasteiger partial charge in [-0.3, -0.25) is 9.78 Å². The molecule has 1 aromatic carbocycles. The number of amides is 2. The van der Waals surface area contributed by atoms with Crippen molar-refractivity contribution in [1.82, 2.24) is 29.6 Å². The third-order valence-electron chi connectivity index (χ3n) is 6.57. The van der Waals surface area contributed by atoms with Crippen LogP contribution in [0.15, 0.2) is 55.1 Å². The van der Waals surface area contributed by atoms with E-state index < -0.39 is 6.09 Å². The van der Waals surface area contributed by atoms with Gasteiger partial charge >= 0.3 is 6.09 Å². The minimum absolute atomic E-state index is 0.0218. The zero-order valence-corrected chi connectivity index (χ0v) is 19.4. The van der Waals surface area contributed by atoms with Gasteiger partial charge in [0, 0.05) is 55.7 Å². The number of likely N-dealkylation sites (tertiary alicyclic amines) is 1. The molecule has 12 nitrogen and oxygen atoms in total. The molecule has 2 aliphatic rings. The minimum atomic E-state index is -0.870. The van der Waals surface area contributed by atoms with Gasteiger partial charge in [-0.1, -0.05) is 0 Å². The van der Waals surface area contributed by atoms with Crippen LogP contribution in [0.4, 0.5) is 27.9 Å². The molecule has 2 amide bonds. The largest absolute Gasteiger partial charge is 0.465 e. The van der Waals surface area contributed by atoms with Crippen LogP contribution in [0.5, 0.6) is 0 Å². The van der Waals surface area contributed by atoms with Crippen molar-refractivity contribution < 1.29 is 14.7 Å². The number of carboxylic acid groups (broad SMARTS) is 1. The van der Waals surface area contributed by atoms with Gasteiger partial charge in [-0.2, -0.15) is 0 Å². The number of pyridine rings is 1. The van der Waals surface area contributed by atoms with E-state index in [4.69, 9.17) is 5.10 Å². The SMILES string of the molecule is CC(=O)Nc1ccc2c(Nc3cnccn3)nn(-c3ccnc(N4C[C@@H]5C[C@H]4CN5C(=O)O)c3)c2c1. The lowest BCUT2D eigenvalue weighted by Gasteiger charge is -2.33. The van der Waals surface area contributed by atoms with E-state index in [1.807, 2.05) is 30.3 Å². The molecule has 2 bridgehead atoms. The molecule has 3 N–H and O–H groups in total. The molecule has 0 saturated carbocycles. The number of carbonyl (C=O) groups excluding carboxylic acids is 1. The Morgan fingerprint density at radius 3 is 2.67 bits per heavy atom. The van der Waals surface area contributed by atoms with Gasteiger partial charge < -0.3 is 25.5 Å². The number of anilines is 4. The second-order valence-electron chi connectivity index (χ2n) is 8.89. The van der Waals surface area contributed by atoms with Crippen LogP contribution in [0, 0.1) is 0 Å². The Hall–Kier alpha value is -4.74. The first-order valence-corrected chi connectivity index (χ1v) is 11.5. The number of hydrogen-bond donors (Lipinski definition) is 3. The van der Waals surface area contributed by atoms with Crippen molar-refractivity contribution in [2.75, 3.05) is 28.6 Å². The molecule has 182 valence electrons. The van der Waals surface area contributed by atoms with Crippen LogP contribution in [0.1, 0.15) is 13.3 Å². The second kappa shape index (κ2) is 8.48. The summed E-state index contributed by atoms with van der Waals surface area (Å²) in [4.78, 5) is 39.8. The van der Waals surface area contributed by atoms with E-state index in [1.165, 1.54) is 11.8 Å². The van der Waals surface area contributed by atoms with Crippen molar-refractivity contribution in [3.05, 3.63) is 55.1 Å². The number of piperazine rings is 1. The van der Waals surface area contributed by atoms with Crippen molar-refractivity contribution in [3.63, 3.8) is 0 Å². The average molecular weight is 486 g/mol. The number of hydrogen-bond acceptors (Lipinski definition) is 8. The second-order valence-corrected chi connectivity index (χ2v) is 8.89. The number of benzene rings is 1. The van der Waals surface area contributed by atoms with Gasteiger partial charge in [0.1, 0.15) is 11.6 Å². The predicted octanol–water partition coefficient (Wildman–Crippen LogP) is 2.85. The first kappa shape index (κ1) is 21.8. The highest BCUT2D eigenvalue weighted by molar-refractivity contribution is 5.97. The van der Waals surface area contributed by atoms with E-state index in [1.54, 1.807) is 29.5 Å². The van der Waals surface area contributed by atoms with Crippen molar-refractivity contribution >= 4 is 46.0 Å². The Labute approximate surface area is 205 Å². The number of aromatic nitrogens is 5. The predicted molar refractivity (Wildman–Crippen MR) is 133 cm³/mol. The number of nitrogens with zero attached hydrogens (tertiary/aromatic N) is 7. The summed E-state index contributed by atoms with van der Waals surface area (Å²) in [5.74, 6) is 1.76. The monoisotopic (exact) mass is 485 g/mol. The van der Waals surface area contributed by atoms with Gasteiger partial charge in [0.25, 0.3) is 0 Å². The van der Waals surface area contributed by atoms with E-state index in [0.717, 1.165) is 28.8 Å². The Bertz CT molecular complexity index is 1470. The van der Waals surface area contributed by atoms with Crippen LogP contribution in [-0.2, 0) is 4.79 Å². The van der Waals surface area contributed by atoms with Crippen molar-refractivity contribution in [2.45, 2.75) is 25.4 Å². The van der Waals surface area contributed by atoms with E-state index in [9.17, 15) is 14.7 Å². The lowest BCUT2D eigenvalue weighted by Crippen LogP contribution is -2.48.